The number of allylic oxidation sites excluding steroid dienone is 1. The molecule has 0 rings (SSSR count). The first-order valence-corrected chi connectivity index (χ1v) is 8.51. The topological polar surface area (TPSA) is 20.2 Å². The minimum absolute atomic E-state index is 0.0379. The standard InChI is InChI=1S/C14H22OSi/c1-13(10-11-15)9-7-8-12-16(5,6)14(2,3)4/h10,15H,11H2,1-6H3/b13-10+. The summed E-state index contributed by atoms with van der Waals surface area (Å²) in [5.74, 6) is 8.70. The lowest BCUT2D eigenvalue weighted by atomic mass is 10.2. The largest absolute Gasteiger partial charge is 0.392 e. The molecule has 2 heteroatoms. The number of rotatable bonds is 1. The van der Waals surface area contributed by atoms with Gasteiger partial charge in [0.2, 0.25) is 0 Å². The second-order valence-electron chi connectivity index (χ2n) is 5.44. The molecule has 0 fully saturated rings. The third kappa shape index (κ3) is 5.21. The van der Waals surface area contributed by atoms with Crippen molar-refractivity contribution < 1.29 is 5.11 Å². The fraction of sp³-hybridized carbons (Fsp3) is 0.571. The van der Waals surface area contributed by atoms with Crippen LogP contribution in [0.3, 0.4) is 0 Å². The van der Waals surface area contributed by atoms with E-state index in [-0.39, 0.29) is 11.6 Å². The van der Waals surface area contributed by atoms with Crippen LogP contribution in [0, 0.1) is 23.3 Å². The number of hydrogen-bond acceptors (Lipinski definition) is 1. The normalized spacial score (nSPS) is 12.3. The second-order valence-corrected chi connectivity index (χ2v) is 10.4. The van der Waals surface area contributed by atoms with Gasteiger partial charge in [-0.15, -0.1) is 5.54 Å². The molecule has 0 atom stereocenters. The fourth-order valence-corrected chi connectivity index (χ4v) is 1.44. The third-order valence-electron chi connectivity index (χ3n) is 2.97. The van der Waals surface area contributed by atoms with Gasteiger partial charge in [0.25, 0.3) is 0 Å². The molecule has 88 valence electrons. The molecule has 16 heavy (non-hydrogen) atoms. The molecule has 0 aliphatic rings. The van der Waals surface area contributed by atoms with Crippen LogP contribution in [0.5, 0.6) is 0 Å². The average Bonchev–Trinajstić information content (AvgIpc) is 2.11. The molecule has 0 bridgehead atoms. The van der Waals surface area contributed by atoms with Crippen LogP contribution in [-0.4, -0.2) is 19.8 Å². The molecule has 0 aliphatic carbocycles. The molecule has 0 saturated carbocycles. The quantitative estimate of drug-likeness (QED) is 0.546. The molecule has 0 aromatic heterocycles. The Morgan fingerprint density at radius 1 is 1.25 bits per heavy atom. The molecule has 0 unspecified atom stereocenters. The van der Waals surface area contributed by atoms with Gasteiger partial charge in [0.05, 0.1) is 6.61 Å². The van der Waals surface area contributed by atoms with E-state index in [0.717, 1.165) is 5.57 Å². The van der Waals surface area contributed by atoms with Crippen molar-refractivity contribution >= 4 is 8.07 Å². The van der Waals surface area contributed by atoms with Crippen molar-refractivity contribution in [1.29, 1.82) is 0 Å². The first-order valence-electron chi connectivity index (χ1n) is 5.51. The highest BCUT2D eigenvalue weighted by atomic mass is 28.3. The zero-order chi connectivity index (χ0) is 12.8. The van der Waals surface area contributed by atoms with Crippen LogP contribution in [0.25, 0.3) is 0 Å². The maximum atomic E-state index is 8.66. The summed E-state index contributed by atoms with van der Waals surface area (Å²) in [6.45, 7) is 13.1. The minimum Gasteiger partial charge on any atom is -0.392 e. The monoisotopic (exact) mass is 234 g/mol. The van der Waals surface area contributed by atoms with Gasteiger partial charge in [0.1, 0.15) is 8.07 Å². The number of hydrogen-bond donors (Lipinski definition) is 1. The predicted octanol–water partition coefficient (Wildman–Crippen LogP) is 2.98. The maximum absolute atomic E-state index is 8.66. The van der Waals surface area contributed by atoms with Crippen molar-refractivity contribution in [1.82, 2.24) is 0 Å². The second kappa shape index (κ2) is 5.94. The average molecular weight is 234 g/mol. The summed E-state index contributed by atoms with van der Waals surface area (Å²) >= 11 is 0. The highest BCUT2D eigenvalue weighted by molar-refractivity contribution is 6.87. The smallest absolute Gasteiger partial charge is 0.139 e. The van der Waals surface area contributed by atoms with Crippen LogP contribution in [0.1, 0.15) is 27.7 Å². The lowest BCUT2D eigenvalue weighted by molar-refractivity contribution is 0.342. The molecule has 0 heterocycles. The summed E-state index contributed by atoms with van der Waals surface area (Å²) in [5.41, 5.74) is 4.19. The SMILES string of the molecule is C/C(C#CC#C[Si](C)(C)C(C)(C)C)=C\CO. The van der Waals surface area contributed by atoms with E-state index in [0.29, 0.717) is 0 Å². The van der Waals surface area contributed by atoms with Crippen LogP contribution in [-0.2, 0) is 0 Å². The molecule has 0 aromatic carbocycles. The Hall–Kier alpha value is -0.963. The molecule has 0 saturated heterocycles. The third-order valence-corrected chi connectivity index (χ3v) is 7.47. The first kappa shape index (κ1) is 15.0. The van der Waals surface area contributed by atoms with Crippen molar-refractivity contribution in [3.63, 3.8) is 0 Å². The minimum atomic E-state index is -1.53. The highest BCUT2D eigenvalue weighted by Gasteiger charge is 2.33. The Bertz CT molecular complexity index is 375. The molecule has 0 aromatic rings. The summed E-state index contributed by atoms with van der Waals surface area (Å²) in [6.07, 6.45) is 1.68. The van der Waals surface area contributed by atoms with Gasteiger partial charge in [-0.2, -0.15) is 0 Å². The van der Waals surface area contributed by atoms with E-state index in [1.54, 1.807) is 6.08 Å². The molecule has 0 aliphatic heterocycles. The Morgan fingerprint density at radius 2 is 1.81 bits per heavy atom. The van der Waals surface area contributed by atoms with E-state index in [9.17, 15) is 0 Å². The van der Waals surface area contributed by atoms with E-state index < -0.39 is 8.07 Å². The number of aliphatic hydroxyl groups is 1. The first-order chi connectivity index (χ1) is 7.20. The van der Waals surface area contributed by atoms with E-state index >= 15 is 0 Å². The molecule has 0 radical (unpaired) electrons. The molecule has 0 amide bonds. The Labute approximate surface area is 101 Å². The van der Waals surface area contributed by atoms with Crippen molar-refractivity contribution in [2.45, 2.75) is 45.8 Å². The maximum Gasteiger partial charge on any atom is 0.139 e. The lowest BCUT2D eigenvalue weighted by Crippen LogP contribution is -2.35. The van der Waals surface area contributed by atoms with Crippen molar-refractivity contribution in [2.75, 3.05) is 6.61 Å². The van der Waals surface area contributed by atoms with Crippen molar-refractivity contribution in [2.24, 2.45) is 0 Å². The van der Waals surface area contributed by atoms with Gasteiger partial charge in [-0.1, -0.05) is 39.8 Å². The summed E-state index contributed by atoms with van der Waals surface area (Å²) in [7, 11) is -1.53. The molecular weight excluding hydrogens is 212 g/mol. The lowest BCUT2D eigenvalue weighted by Gasteiger charge is -2.31. The van der Waals surface area contributed by atoms with Crippen LogP contribution < -0.4 is 0 Å². The highest BCUT2D eigenvalue weighted by Crippen LogP contribution is 2.34. The van der Waals surface area contributed by atoms with Gasteiger partial charge < -0.3 is 5.11 Å². The molecular formula is C14H22OSi. The summed E-state index contributed by atoms with van der Waals surface area (Å²) in [6, 6.07) is 0. The van der Waals surface area contributed by atoms with Gasteiger partial charge >= 0.3 is 0 Å². The molecule has 1 N–H and O–H groups in total. The van der Waals surface area contributed by atoms with Crippen LogP contribution >= 0.6 is 0 Å². The van der Waals surface area contributed by atoms with E-state index in [4.69, 9.17) is 5.11 Å². The van der Waals surface area contributed by atoms with E-state index in [1.807, 2.05) is 6.92 Å². The Balaban J connectivity index is 4.72. The summed E-state index contributed by atoms with van der Waals surface area (Å²) in [5, 5.41) is 8.93. The van der Waals surface area contributed by atoms with Gasteiger partial charge in [-0.05, 0) is 35.5 Å². The Morgan fingerprint density at radius 3 is 2.25 bits per heavy atom. The Kier molecular flexibility index (Phi) is 5.58. The summed E-state index contributed by atoms with van der Waals surface area (Å²) in [4.78, 5) is 0. The van der Waals surface area contributed by atoms with E-state index in [1.165, 1.54) is 0 Å². The number of aliphatic hydroxyl groups excluding tert-OH is 1. The van der Waals surface area contributed by atoms with Crippen LogP contribution in [0.2, 0.25) is 18.1 Å². The molecule has 1 nitrogen and oxygen atoms in total. The van der Waals surface area contributed by atoms with Crippen LogP contribution in [0.15, 0.2) is 11.6 Å². The van der Waals surface area contributed by atoms with E-state index in [2.05, 4.69) is 57.2 Å². The van der Waals surface area contributed by atoms with Gasteiger partial charge in [-0.3, -0.25) is 0 Å². The van der Waals surface area contributed by atoms with Gasteiger partial charge in [0, 0.05) is 0 Å². The van der Waals surface area contributed by atoms with Gasteiger partial charge in [0.15, 0.2) is 0 Å². The zero-order valence-corrected chi connectivity index (χ0v) is 12.2. The van der Waals surface area contributed by atoms with Crippen molar-refractivity contribution in [3.05, 3.63) is 11.6 Å². The van der Waals surface area contributed by atoms with Gasteiger partial charge in [-0.25, -0.2) is 0 Å². The van der Waals surface area contributed by atoms with Crippen LogP contribution in [0.4, 0.5) is 0 Å². The predicted molar refractivity (Wildman–Crippen MR) is 73.6 cm³/mol. The zero-order valence-electron chi connectivity index (χ0n) is 11.2. The fourth-order valence-electron chi connectivity index (χ4n) is 0.693. The summed E-state index contributed by atoms with van der Waals surface area (Å²) < 4.78 is 0. The molecule has 0 spiro atoms. The van der Waals surface area contributed by atoms with Crippen molar-refractivity contribution in [3.8, 4) is 23.3 Å².